The summed E-state index contributed by atoms with van der Waals surface area (Å²) in [5.41, 5.74) is 1.83. The first-order valence-electron chi connectivity index (χ1n) is 12.3. The van der Waals surface area contributed by atoms with Crippen molar-refractivity contribution in [3.05, 3.63) is 53.9 Å². The summed E-state index contributed by atoms with van der Waals surface area (Å²) in [5, 5.41) is 12.1. The summed E-state index contributed by atoms with van der Waals surface area (Å²) in [6.07, 6.45) is 6.51. The van der Waals surface area contributed by atoms with Crippen LogP contribution < -0.4 is 10.2 Å². The van der Waals surface area contributed by atoms with Gasteiger partial charge in [0, 0.05) is 38.3 Å². The standard InChI is InChI=1S/C26H35N7O/c1-20-17-32(25-29-15-24(14-27)16-30-25)18-21(2)33(20)26(34)28-11-8-22-9-12-31(13-10-22)19-23-6-4-3-5-7-23/h3-7,15-16,20-22H,8-13,17-19H2,1-2H3,(H,28,34). The highest BCUT2D eigenvalue weighted by Crippen LogP contribution is 2.22. The number of benzene rings is 1. The summed E-state index contributed by atoms with van der Waals surface area (Å²) >= 11 is 0. The third-order valence-corrected chi connectivity index (χ3v) is 6.99. The number of nitrogens with zero attached hydrogens (tertiary/aromatic N) is 6. The number of piperidine rings is 1. The molecule has 2 unspecified atom stereocenters. The largest absolute Gasteiger partial charge is 0.338 e. The second kappa shape index (κ2) is 11.3. The van der Waals surface area contributed by atoms with E-state index in [2.05, 4.69) is 69.3 Å². The predicted molar refractivity (Wildman–Crippen MR) is 132 cm³/mol. The second-order valence-electron chi connectivity index (χ2n) is 9.62. The lowest BCUT2D eigenvalue weighted by molar-refractivity contribution is 0.139. The molecular weight excluding hydrogens is 426 g/mol. The Hall–Kier alpha value is -3.18. The van der Waals surface area contributed by atoms with Gasteiger partial charge in [0.15, 0.2) is 0 Å². The molecule has 0 radical (unpaired) electrons. The minimum absolute atomic E-state index is 0.0157. The number of rotatable bonds is 6. The van der Waals surface area contributed by atoms with Crippen LogP contribution in [0.2, 0.25) is 0 Å². The monoisotopic (exact) mass is 461 g/mol. The summed E-state index contributed by atoms with van der Waals surface area (Å²) in [5.74, 6) is 1.28. The van der Waals surface area contributed by atoms with E-state index in [0.717, 1.165) is 32.6 Å². The highest BCUT2D eigenvalue weighted by Gasteiger charge is 2.34. The van der Waals surface area contributed by atoms with Crippen molar-refractivity contribution in [3.8, 4) is 6.07 Å². The molecular formula is C26H35N7O. The van der Waals surface area contributed by atoms with E-state index in [1.807, 2.05) is 11.0 Å². The average Bonchev–Trinajstić information content (AvgIpc) is 2.85. The van der Waals surface area contributed by atoms with E-state index in [0.29, 0.717) is 30.5 Å². The summed E-state index contributed by atoms with van der Waals surface area (Å²) in [4.78, 5) is 28.2. The number of hydrogen-bond donors (Lipinski definition) is 1. The van der Waals surface area contributed by atoms with Gasteiger partial charge in [-0.3, -0.25) is 4.90 Å². The molecule has 2 fully saturated rings. The van der Waals surface area contributed by atoms with Crippen LogP contribution in [0, 0.1) is 17.2 Å². The van der Waals surface area contributed by atoms with Gasteiger partial charge in [0.2, 0.25) is 5.95 Å². The van der Waals surface area contributed by atoms with Crippen LogP contribution in [0.15, 0.2) is 42.7 Å². The van der Waals surface area contributed by atoms with Crippen molar-refractivity contribution in [2.75, 3.05) is 37.6 Å². The SMILES string of the molecule is CC1CN(c2ncc(C#N)cn2)CC(C)N1C(=O)NCCC1CCN(Cc2ccccc2)CC1. The molecule has 0 spiro atoms. The number of amides is 2. The van der Waals surface area contributed by atoms with Crippen LogP contribution >= 0.6 is 0 Å². The zero-order valence-corrected chi connectivity index (χ0v) is 20.2. The average molecular weight is 462 g/mol. The van der Waals surface area contributed by atoms with Crippen LogP contribution in [0.4, 0.5) is 10.7 Å². The van der Waals surface area contributed by atoms with Crippen LogP contribution in [0.3, 0.4) is 0 Å². The molecule has 2 aliphatic rings. The first-order chi connectivity index (χ1) is 16.5. The van der Waals surface area contributed by atoms with Crippen molar-refractivity contribution in [3.63, 3.8) is 0 Å². The lowest BCUT2D eigenvalue weighted by Gasteiger charge is -2.44. The molecule has 8 heteroatoms. The maximum Gasteiger partial charge on any atom is 0.318 e. The Morgan fingerprint density at radius 1 is 1.09 bits per heavy atom. The van der Waals surface area contributed by atoms with E-state index < -0.39 is 0 Å². The molecule has 1 N–H and O–H groups in total. The number of hydrogen-bond acceptors (Lipinski definition) is 6. The first-order valence-corrected chi connectivity index (χ1v) is 12.3. The minimum Gasteiger partial charge on any atom is -0.338 e. The first kappa shape index (κ1) is 24.0. The molecule has 2 aliphatic heterocycles. The van der Waals surface area contributed by atoms with E-state index in [1.54, 1.807) is 12.4 Å². The van der Waals surface area contributed by atoms with Gasteiger partial charge in [-0.2, -0.15) is 5.26 Å². The highest BCUT2D eigenvalue weighted by molar-refractivity contribution is 5.75. The highest BCUT2D eigenvalue weighted by atomic mass is 16.2. The number of nitrogens with one attached hydrogen (secondary N) is 1. The lowest BCUT2D eigenvalue weighted by Crippen LogP contribution is -2.61. The Balaban J connectivity index is 1.19. The summed E-state index contributed by atoms with van der Waals surface area (Å²) in [7, 11) is 0. The molecule has 1 aromatic heterocycles. The van der Waals surface area contributed by atoms with Crippen molar-refractivity contribution in [1.82, 2.24) is 25.1 Å². The zero-order chi connectivity index (χ0) is 23.9. The molecule has 2 atom stereocenters. The molecule has 0 aliphatic carbocycles. The minimum atomic E-state index is 0.0157. The quantitative estimate of drug-likeness (QED) is 0.710. The van der Waals surface area contributed by atoms with E-state index in [9.17, 15) is 4.79 Å². The van der Waals surface area contributed by atoms with Gasteiger partial charge in [-0.05, 0) is 57.7 Å². The number of piperazine rings is 1. The fourth-order valence-electron chi connectivity index (χ4n) is 5.18. The second-order valence-corrected chi connectivity index (χ2v) is 9.62. The Labute approximate surface area is 202 Å². The molecule has 3 heterocycles. The van der Waals surface area contributed by atoms with Gasteiger partial charge in [-0.15, -0.1) is 0 Å². The van der Waals surface area contributed by atoms with E-state index in [1.165, 1.54) is 18.4 Å². The summed E-state index contributed by atoms with van der Waals surface area (Å²) < 4.78 is 0. The predicted octanol–water partition coefficient (Wildman–Crippen LogP) is 3.26. The fraction of sp³-hybridized carbons (Fsp3) is 0.538. The van der Waals surface area contributed by atoms with Crippen LogP contribution in [0.1, 0.15) is 44.2 Å². The summed E-state index contributed by atoms with van der Waals surface area (Å²) in [6, 6.07) is 12.8. The third kappa shape index (κ3) is 6.03. The van der Waals surface area contributed by atoms with Gasteiger partial charge in [0.25, 0.3) is 0 Å². The van der Waals surface area contributed by atoms with Crippen LogP contribution in [0.5, 0.6) is 0 Å². The van der Waals surface area contributed by atoms with Crippen molar-refractivity contribution < 1.29 is 4.79 Å². The Morgan fingerprint density at radius 3 is 2.35 bits per heavy atom. The van der Waals surface area contributed by atoms with Crippen LogP contribution in [0.25, 0.3) is 0 Å². The Morgan fingerprint density at radius 2 is 1.74 bits per heavy atom. The Bertz CT molecular complexity index is 955. The number of carbonyl (C=O) groups excluding carboxylic acids is 1. The maximum atomic E-state index is 13.0. The van der Waals surface area contributed by atoms with Crippen molar-refractivity contribution in [1.29, 1.82) is 5.26 Å². The topological polar surface area (TPSA) is 88.4 Å². The number of likely N-dealkylation sites (tertiary alicyclic amines) is 1. The summed E-state index contributed by atoms with van der Waals surface area (Å²) in [6.45, 7) is 9.47. The van der Waals surface area contributed by atoms with E-state index in [4.69, 9.17) is 5.26 Å². The van der Waals surface area contributed by atoms with Crippen LogP contribution in [-0.2, 0) is 6.54 Å². The van der Waals surface area contributed by atoms with Crippen molar-refractivity contribution >= 4 is 12.0 Å². The van der Waals surface area contributed by atoms with Crippen LogP contribution in [-0.4, -0.2) is 70.6 Å². The number of aromatic nitrogens is 2. The zero-order valence-electron chi connectivity index (χ0n) is 20.2. The molecule has 0 saturated carbocycles. The molecule has 1 aromatic carbocycles. The molecule has 2 saturated heterocycles. The molecule has 2 amide bonds. The number of nitriles is 1. The third-order valence-electron chi connectivity index (χ3n) is 6.99. The van der Waals surface area contributed by atoms with E-state index in [-0.39, 0.29) is 18.1 Å². The number of anilines is 1. The smallest absolute Gasteiger partial charge is 0.318 e. The molecule has 2 aromatic rings. The molecule has 34 heavy (non-hydrogen) atoms. The van der Waals surface area contributed by atoms with Gasteiger partial charge in [-0.1, -0.05) is 30.3 Å². The van der Waals surface area contributed by atoms with Crippen molar-refractivity contribution in [2.45, 2.75) is 51.7 Å². The van der Waals surface area contributed by atoms with Gasteiger partial charge in [0.1, 0.15) is 6.07 Å². The van der Waals surface area contributed by atoms with Gasteiger partial charge >= 0.3 is 6.03 Å². The lowest BCUT2D eigenvalue weighted by atomic mass is 9.93. The van der Waals surface area contributed by atoms with Gasteiger partial charge in [0.05, 0.1) is 18.0 Å². The van der Waals surface area contributed by atoms with Crippen molar-refractivity contribution in [2.24, 2.45) is 5.92 Å². The normalized spacial score (nSPS) is 21.8. The molecule has 0 bridgehead atoms. The van der Waals surface area contributed by atoms with Gasteiger partial charge < -0.3 is 15.1 Å². The Kier molecular flexibility index (Phi) is 7.96. The molecule has 4 rings (SSSR count). The van der Waals surface area contributed by atoms with E-state index >= 15 is 0 Å². The van der Waals surface area contributed by atoms with Gasteiger partial charge in [-0.25, -0.2) is 14.8 Å². The number of urea groups is 1. The number of carbonyl (C=O) groups is 1. The molecule has 180 valence electrons. The fourth-order valence-corrected chi connectivity index (χ4v) is 5.18. The molecule has 8 nitrogen and oxygen atoms in total. The maximum absolute atomic E-state index is 13.0.